The Morgan fingerprint density at radius 1 is 1.42 bits per heavy atom. The Morgan fingerprint density at radius 2 is 2.16 bits per heavy atom. The fraction of sp³-hybridized carbons (Fsp3) is 0.286. The van der Waals surface area contributed by atoms with Crippen LogP contribution in [0.25, 0.3) is 0 Å². The van der Waals surface area contributed by atoms with Gasteiger partial charge in [-0.1, -0.05) is 24.3 Å². The van der Waals surface area contributed by atoms with Crippen LogP contribution in [0.1, 0.15) is 27.2 Å². The molecule has 0 radical (unpaired) electrons. The first-order valence-electron chi connectivity index (χ1n) is 6.16. The molecule has 1 heterocycles. The van der Waals surface area contributed by atoms with Gasteiger partial charge in [-0.05, 0) is 18.1 Å². The number of hydrogen-bond donors (Lipinski definition) is 2. The second-order valence-corrected chi connectivity index (χ2v) is 4.51. The maximum absolute atomic E-state index is 12.0. The Balaban J connectivity index is 2.02. The Bertz CT molecular complexity index is 589. The zero-order chi connectivity index (χ0) is 13.8. The third-order valence-corrected chi connectivity index (χ3v) is 2.94. The molecule has 19 heavy (non-hydrogen) atoms. The van der Waals surface area contributed by atoms with Gasteiger partial charge in [0, 0.05) is 26.3 Å². The van der Waals surface area contributed by atoms with Crippen molar-refractivity contribution in [2.24, 2.45) is 12.8 Å². The van der Waals surface area contributed by atoms with Crippen LogP contribution in [-0.2, 0) is 20.1 Å². The molecule has 0 aliphatic rings. The lowest BCUT2D eigenvalue weighted by Crippen LogP contribution is -2.23. The first-order valence-corrected chi connectivity index (χ1v) is 6.16. The van der Waals surface area contributed by atoms with Gasteiger partial charge in [-0.15, -0.1) is 0 Å². The van der Waals surface area contributed by atoms with Crippen LogP contribution in [0, 0.1) is 6.92 Å². The second kappa shape index (κ2) is 5.67. The van der Waals surface area contributed by atoms with E-state index in [4.69, 9.17) is 5.73 Å². The maximum Gasteiger partial charge on any atom is 0.255 e. The van der Waals surface area contributed by atoms with Gasteiger partial charge < -0.3 is 11.1 Å². The van der Waals surface area contributed by atoms with Crippen molar-refractivity contribution >= 4 is 5.91 Å². The van der Waals surface area contributed by atoms with Gasteiger partial charge in [0.2, 0.25) is 0 Å². The number of carbonyl (C=O) groups is 1. The van der Waals surface area contributed by atoms with E-state index in [1.165, 1.54) is 0 Å². The molecule has 5 heteroatoms. The molecular formula is C14H18N4O. The van der Waals surface area contributed by atoms with Crippen molar-refractivity contribution in [1.29, 1.82) is 0 Å². The average molecular weight is 258 g/mol. The van der Waals surface area contributed by atoms with E-state index in [9.17, 15) is 4.79 Å². The molecule has 0 aliphatic heterocycles. The lowest BCUT2D eigenvalue weighted by molar-refractivity contribution is 0.0950. The smallest absolute Gasteiger partial charge is 0.255 e. The highest BCUT2D eigenvalue weighted by molar-refractivity contribution is 5.94. The van der Waals surface area contributed by atoms with E-state index in [0.29, 0.717) is 18.7 Å². The topological polar surface area (TPSA) is 72.9 Å². The predicted octanol–water partition coefficient (Wildman–Crippen LogP) is 1.12. The van der Waals surface area contributed by atoms with Gasteiger partial charge in [0.05, 0.1) is 11.3 Å². The van der Waals surface area contributed by atoms with E-state index in [1.54, 1.807) is 17.9 Å². The van der Waals surface area contributed by atoms with Crippen molar-refractivity contribution in [2.45, 2.75) is 20.0 Å². The maximum atomic E-state index is 12.0. The van der Waals surface area contributed by atoms with E-state index >= 15 is 0 Å². The largest absolute Gasteiger partial charge is 0.348 e. The lowest BCUT2D eigenvalue weighted by Gasteiger charge is -2.06. The minimum Gasteiger partial charge on any atom is -0.348 e. The molecule has 1 aromatic heterocycles. The lowest BCUT2D eigenvalue weighted by atomic mass is 10.1. The Kier molecular flexibility index (Phi) is 3.97. The molecule has 0 spiro atoms. The van der Waals surface area contributed by atoms with Crippen molar-refractivity contribution < 1.29 is 4.79 Å². The van der Waals surface area contributed by atoms with Gasteiger partial charge in [-0.25, -0.2) is 0 Å². The summed E-state index contributed by atoms with van der Waals surface area (Å²) in [6, 6.07) is 7.88. The first-order chi connectivity index (χ1) is 9.10. The van der Waals surface area contributed by atoms with Crippen LogP contribution in [0.3, 0.4) is 0 Å². The van der Waals surface area contributed by atoms with Gasteiger partial charge in [-0.3, -0.25) is 9.48 Å². The van der Waals surface area contributed by atoms with Crippen LogP contribution in [-0.4, -0.2) is 15.7 Å². The van der Waals surface area contributed by atoms with Crippen molar-refractivity contribution in [3.8, 4) is 0 Å². The van der Waals surface area contributed by atoms with E-state index in [1.807, 2.05) is 31.2 Å². The molecule has 0 aliphatic carbocycles. The second-order valence-electron chi connectivity index (χ2n) is 4.51. The molecule has 5 nitrogen and oxygen atoms in total. The number of nitrogens with zero attached hydrogens (tertiary/aromatic N) is 2. The highest BCUT2D eigenvalue weighted by atomic mass is 16.1. The molecular weight excluding hydrogens is 240 g/mol. The first kappa shape index (κ1) is 13.3. The van der Waals surface area contributed by atoms with E-state index in [0.717, 1.165) is 16.8 Å². The molecule has 3 N–H and O–H groups in total. The van der Waals surface area contributed by atoms with Crippen LogP contribution in [0.5, 0.6) is 0 Å². The van der Waals surface area contributed by atoms with Gasteiger partial charge in [-0.2, -0.15) is 5.10 Å². The number of carbonyl (C=O) groups excluding carboxylic acids is 1. The van der Waals surface area contributed by atoms with Crippen LogP contribution in [0.2, 0.25) is 0 Å². The quantitative estimate of drug-likeness (QED) is 0.863. The molecule has 0 fully saturated rings. The molecule has 0 saturated carbocycles. The predicted molar refractivity (Wildman–Crippen MR) is 73.4 cm³/mol. The number of amides is 1. The number of nitrogens with two attached hydrogens (primary N) is 1. The molecule has 0 unspecified atom stereocenters. The molecule has 2 rings (SSSR count). The normalized spacial score (nSPS) is 10.5. The van der Waals surface area contributed by atoms with Gasteiger partial charge in [0.15, 0.2) is 0 Å². The van der Waals surface area contributed by atoms with Crippen molar-refractivity contribution in [3.63, 3.8) is 0 Å². The van der Waals surface area contributed by atoms with Crippen molar-refractivity contribution in [3.05, 3.63) is 52.8 Å². The monoisotopic (exact) mass is 258 g/mol. The molecule has 0 atom stereocenters. The van der Waals surface area contributed by atoms with Crippen LogP contribution >= 0.6 is 0 Å². The summed E-state index contributed by atoms with van der Waals surface area (Å²) in [6.07, 6.45) is 1.72. The zero-order valence-electron chi connectivity index (χ0n) is 11.2. The molecule has 2 aromatic rings. The number of hydrogen-bond acceptors (Lipinski definition) is 3. The van der Waals surface area contributed by atoms with Crippen LogP contribution in [0.15, 0.2) is 30.5 Å². The van der Waals surface area contributed by atoms with Gasteiger partial charge in [0.25, 0.3) is 5.91 Å². The zero-order valence-corrected chi connectivity index (χ0v) is 11.2. The number of aryl methyl sites for hydroxylation is 2. The van der Waals surface area contributed by atoms with Crippen LogP contribution in [0.4, 0.5) is 0 Å². The summed E-state index contributed by atoms with van der Waals surface area (Å²) in [4.78, 5) is 12.0. The number of rotatable bonds is 4. The summed E-state index contributed by atoms with van der Waals surface area (Å²) < 4.78 is 1.64. The fourth-order valence-electron chi connectivity index (χ4n) is 1.97. The van der Waals surface area contributed by atoms with E-state index < -0.39 is 0 Å². The number of nitrogens with one attached hydrogen (secondary N) is 1. The summed E-state index contributed by atoms with van der Waals surface area (Å²) in [5.41, 5.74) is 9.03. The Morgan fingerprint density at radius 3 is 2.79 bits per heavy atom. The highest BCUT2D eigenvalue weighted by Crippen LogP contribution is 2.07. The van der Waals surface area contributed by atoms with Crippen molar-refractivity contribution in [1.82, 2.24) is 15.1 Å². The summed E-state index contributed by atoms with van der Waals surface area (Å²) in [5.74, 6) is -0.108. The Labute approximate surface area is 112 Å². The van der Waals surface area contributed by atoms with Crippen molar-refractivity contribution in [2.75, 3.05) is 0 Å². The summed E-state index contributed by atoms with van der Waals surface area (Å²) in [5, 5.41) is 7.04. The molecule has 100 valence electrons. The number of aromatic nitrogens is 2. The highest BCUT2D eigenvalue weighted by Gasteiger charge is 2.11. The SMILES string of the molecule is Cc1nn(C)cc1C(=O)NCc1cccc(CN)c1. The number of benzene rings is 1. The minimum atomic E-state index is -0.108. The van der Waals surface area contributed by atoms with E-state index in [-0.39, 0.29) is 5.91 Å². The third-order valence-electron chi connectivity index (χ3n) is 2.94. The van der Waals surface area contributed by atoms with E-state index in [2.05, 4.69) is 10.4 Å². The Hall–Kier alpha value is -2.14. The van der Waals surface area contributed by atoms with Gasteiger partial charge in [0.1, 0.15) is 0 Å². The molecule has 0 saturated heterocycles. The molecule has 0 bridgehead atoms. The van der Waals surface area contributed by atoms with Crippen LogP contribution < -0.4 is 11.1 Å². The fourth-order valence-corrected chi connectivity index (χ4v) is 1.97. The summed E-state index contributed by atoms with van der Waals surface area (Å²) >= 11 is 0. The summed E-state index contributed by atoms with van der Waals surface area (Å²) in [6.45, 7) is 2.81. The minimum absolute atomic E-state index is 0.108. The molecule has 1 amide bonds. The summed E-state index contributed by atoms with van der Waals surface area (Å²) in [7, 11) is 1.80. The van der Waals surface area contributed by atoms with Gasteiger partial charge >= 0.3 is 0 Å². The average Bonchev–Trinajstić information content (AvgIpc) is 2.75. The third kappa shape index (κ3) is 3.20. The molecule has 1 aromatic carbocycles. The standard InChI is InChI=1S/C14H18N4O/c1-10-13(9-18(2)17-10)14(19)16-8-12-5-3-4-11(6-12)7-15/h3-6,9H,7-8,15H2,1-2H3,(H,16,19).